The first kappa shape index (κ1) is 19.1. The highest BCUT2D eigenvalue weighted by atomic mass is 16.8. The maximum Gasteiger partial charge on any atom is 0.191 e. The predicted molar refractivity (Wildman–Crippen MR) is 90.4 cm³/mol. The lowest BCUT2D eigenvalue weighted by Gasteiger charge is -2.32. The van der Waals surface area contributed by atoms with Gasteiger partial charge in [-0.05, 0) is 40.0 Å². The maximum atomic E-state index is 11.4. The van der Waals surface area contributed by atoms with E-state index < -0.39 is 41.8 Å². The van der Waals surface area contributed by atoms with Gasteiger partial charge in [-0.2, -0.15) is 0 Å². The molecule has 0 aromatic rings. The van der Waals surface area contributed by atoms with E-state index in [0.717, 1.165) is 6.42 Å². The summed E-state index contributed by atoms with van der Waals surface area (Å²) in [5.74, 6) is 5.15. The zero-order chi connectivity index (χ0) is 18.5. The van der Waals surface area contributed by atoms with Gasteiger partial charge in [-0.3, -0.25) is 0 Å². The molecule has 3 fully saturated rings. The van der Waals surface area contributed by atoms with E-state index in [0.29, 0.717) is 18.9 Å². The van der Waals surface area contributed by atoms with Crippen LogP contribution in [0.1, 0.15) is 54.4 Å². The Balaban J connectivity index is 1.82. The first-order valence-corrected chi connectivity index (χ1v) is 9.08. The lowest BCUT2D eigenvalue weighted by atomic mass is 9.89. The van der Waals surface area contributed by atoms with Crippen molar-refractivity contribution < 1.29 is 28.8 Å². The SMILES string of the molecule is CC(C)CCC#C[C@@]1(O)[C@@H]([C@H]2COC(C)(C)O2)O[C@@H]2OC(C)(C)O[C@@H]21. The summed E-state index contributed by atoms with van der Waals surface area (Å²) in [5.41, 5.74) is -1.50. The predicted octanol–water partition coefficient (Wildman–Crippen LogP) is 2.18. The Bertz CT molecular complexity index is 560. The minimum atomic E-state index is -1.50. The van der Waals surface area contributed by atoms with Gasteiger partial charge in [0.05, 0.1) is 6.61 Å². The molecule has 0 amide bonds. The summed E-state index contributed by atoms with van der Waals surface area (Å²) in [5, 5.41) is 11.4. The minimum absolute atomic E-state index is 0.330. The van der Waals surface area contributed by atoms with Gasteiger partial charge in [0, 0.05) is 6.42 Å². The van der Waals surface area contributed by atoms with Crippen molar-refractivity contribution in [1.82, 2.24) is 0 Å². The van der Waals surface area contributed by atoms with Crippen LogP contribution in [0.25, 0.3) is 0 Å². The molecule has 142 valence electrons. The fourth-order valence-corrected chi connectivity index (χ4v) is 3.48. The third-order valence-electron chi connectivity index (χ3n) is 4.71. The summed E-state index contributed by atoms with van der Waals surface area (Å²) >= 11 is 0. The van der Waals surface area contributed by atoms with Crippen molar-refractivity contribution >= 4 is 0 Å². The van der Waals surface area contributed by atoms with Crippen LogP contribution in [0.5, 0.6) is 0 Å². The first-order chi connectivity index (χ1) is 11.5. The van der Waals surface area contributed by atoms with Gasteiger partial charge in [0.1, 0.15) is 12.2 Å². The van der Waals surface area contributed by atoms with Gasteiger partial charge in [-0.25, -0.2) is 0 Å². The van der Waals surface area contributed by atoms with E-state index in [1.54, 1.807) is 13.8 Å². The normalized spacial score (nSPS) is 41.6. The molecule has 3 aliphatic rings. The van der Waals surface area contributed by atoms with Crippen LogP contribution in [0.15, 0.2) is 0 Å². The second kappa shape index (κ2) is 6.49. The van der Waals surface area contributed by atoms with Crippen LogP contribution < -0.4 is 0 Å². The topological polar surface area (TPSA) is 66.4 Å². The Kier molecular flexibility index (Phi) is 4.95. The van der Waals surface area contributed by atoms with Crippen molar-refractivity contribution in [2.45, 2.75) is 96.2 Å². The zero-order valence-corrected chi connectivity index (χ0v) is 16.0. The van der Waals surface area contributed by atoms with Gasteiger partial charge in [0.15, 0.2) is 29.6 Å². The number of ether oxygens (including phenoxy) is 5. The van der Waals surface area contributed by atoms with Crippen LogP contribution in [0.4, 0.5) is 0 Å². The van der Waals surface area contributed by atoms with E-state index in [9.17, 15) is 5.11 Å². The maximum absolute atomic E-state index is 11.4. The molecule has 6 nitrogen and oxygen atoms in total. The van der Waals surface area contributed by atoms with Crippen LogP contribution >= 0.6 is 0 Å². The molecule has 0 spiro atoms. The van der Waals surface area contributed by atoms with Crippen molar-refractivity contribution in [3.63, 3.8) is 0 Å². The Hall–Kier alpha value is -0.680. The highest BCUT2D eigenvalue weighted by Gasteiger charge is 2.65. The van der Waals surface area contributed by atoms with E-state index in [-0.39, 0.29) is 0 Å². The number of fused-ring (bicyclic) bond motifs is 1. The van der Waals surface area contributed by atoms with E-state index in [1.807, 2.05) is 13.8 Å². The molecule has 3 aliphatic heterocycles. The number of hydrogen-bond acceptors (Lipinski definition) is 6. The van der Waals surface area contributed by atoms with Gasteiger partial charge in [-0.1, -0.05) is 19.8 Å². The monoisotopic (exact) mass is 354 g/mol. The molecule has 0 aliphatic carbocycles. The van der Waals surface area contributed by atoms with Crippen molar-refractivity contribution in [2.75, 3.05) is 6.61 Å². The third kappa shape index (κ3) is 3.87. The van der Waals surface area contributed by atoms with Crippen LogP contribution in [0, 0.1) is 17.8 Å². The number of hydrogen-bond donors (Lipinski definition) is 1. The standard InChI is InChI=1S/C19H30O6/c1-12(2)9-7-8-10-19(20)14(13-11-21-17(3,4)23-13)22-16-15(19)24-18(5,6)25-16/h12-16,20H,7,9,11H2,1-6H3/t13-,14-,15+,16-,19-/m1/s1. The Morgan fingerprint density at radius 3 is 2.36 bits per heavy atom. The summed E-state index contributed by atoms with van der Waals surface area (Å²) in [6.07, 6.45) is -0.779. The fourth-order valence-electron chi connectivity index (χ4n) is 3.48. The summed E-state index contributed by atoms with van der Waals surface area (Å²) in [4.78, 5) is 0. The van der Waals surface area contributed by atoms with Crippen LogP contribution in [0.3, 0.4) is 0 Å². The van der Waals surface area contributed by atoms with Gasteiger partial charge >= 0.3 is 0 Å². The zero-order valence-electron chi connectivity index (χ0n) is 16.0. The number of aliphatic hydroxyl groups is 1. The van der Waals surface area contributed by atoms with Crippen molar-refractivity contribution in [3.05, 3.63) is 0 Å². The molecule has 0 unspecified atom stereocenters. The Labute approximate surface area is 150 Å². The average Bonchev–Trinajstić information content (AvgIpc) is 3.06. The molecule has 25 heavy (non-hydrogen) atoms. The minimum Gasteiger partial charge on any atom is -0.372 e. The molecule has 1 N–H and O–H groups in total. The summed E-state index contributed by atoms with van der Waals surface area (Å²) < 4.78 is 29.2. The van der Waals surface area contributed by atoms with Crippen LogP contribution in [-0.2, 0) is 23.7 Å². The van der Waals surface area contributed by atoms with Gasteiger partial charge in [-0.15, -0.1) is 5.92 Å². The average molecular weight is 354 g/mol. The lowest BCUT2D eigenvalue weighted by Crippen LogP contribution is -2.53. The van der Waals surface area contributed by atoms with E-state index in [2.05, 4.69) is 25.7 Å². The smallest absolute Gasteiger partial charge is 0.191 e. The molecular weight excluding hydrogens is 324 g/mol. The summed E-state index contributed by atoms with van der Waals surface area (Å²) in [6.45, 7) is 11.9. The first-order valence-electron chi connectivity index (χ1n) is 9.08. The molecule has 3 rings (SSSR count). The second-order valence-electron chi connectivity index (χ2n) is 8.41. The molecular formula is C19H30O6. The molecule has 3 saturated heterocycles. The van der Waals surface area contributed by atoms with E-state index in [1.165, 1.54) is 0 Å². The van der Waals surface area contributed by atoms with Gasteiger partial charge < -0.3 is 28.8 Å². The molecule has 0 radical (unpaired) electrons. The molecule has 0 aromatic heterocycles. The fraction of sp³-hybridized carbons (Fsp3) is 0.895. The summed E-state index contributed by atoms with van der Waals surface area (Å²) in [7, 11) is 0. The molecule has 3 heterocycles. The largest absolute Gasteiger partial charge is 0.372 e. The Morgan fingerprint density at radius 2 is 1.76 bits per heavy atom. The number of rotatable bonds is 3. The van der Waals surface area contributed by atoms with E-state index >= 15 is 0 Å². The second-order valence-corrected chi connectivity index (χ2v) is 8.41. The molecule has 6 heteroatoms. The van der Waals surface area contributed by atoms with Gasteiger partial charge in [0.2, 0.25) is 0 Å². The van der Waals surface area contributed by atoms with Crippen molar-refractivity contribution in [3.8, 4) is 11.8 Å². The van der Waals surface area contributed by atoms with Crippen molar-refractivity contribution in [2.24, 2.45) is 5.92 Å². The quantitative estimate of drug-likeness (QED) is 0.784. The third-order valence-corrected chi connectivity index (χ3v) is 4.71. The lowest BCUT2D eigenvalue weighted by molar-refractivity contribution is -0.240. The van der Waals surface area contributed by atoms with Crippen LogP contribution in [0.2, 0.25) is 0 Å². The van der Waals surface area contributed by atoms with E-state index in [4.69, 9.17) is 23.7 Å². The molecule has 0 aromatic carbocycles. The van der Waals surface area contributed by atoms with Crippen molar-refractivity contribution in [1.29, 1.82) is 0 Å². The molecule has 0 saturated carbocycles. The van der Waals surface area contributed by atoms with Gasteiger partial charge in [0.25, 0.3) is 0 Å². The molecule has 0 bridgehead atoms. The highest BCUT2D eigenvalue weighted by molar-refractivity contribution is 5.26. The van der Waals surface area contributed by atoms with Crippen LogP contribution in [-0.4, -0.2) is 53.5 Å². The summed E-state index contributed by atoms with van der Waals surface area (Å²) in [6, 6.07) is 0. The highest BCUT2D eigenvalue weighted by Crippen LogP contribution is 2.45. The Morgan fingerprint density at radius 1 is 1.04 bits per heavy atom. The molecule has 5 atom stereocenters.